The van der Waals surface area contributed by atoms with Crippen molar-refractivity contribution in [3.63, 3.8) is 0 Å². The lowest BCUT2D eigenvalue weighted by Gasteiger charge is -2.47. The van der Waals surface area contributed by atoms with Crippen LogP contribution in [-0.4, -0.2) is 71.7 Å². The highest BCUT2D eigenvalue weighted by atomic mass is 16.2. The standard InChI is InChI=1S/C25H32N8O2.C3H8N2/c1-28-23-18(22(27)19-3-5-21(34)31-25(19)35)6-7-29-24(23)33-10-8-32(9-11-33)17-12-16(13-17)15-2-4-20(26)30-14-15;1-2-3(4)5/h2,4,6-7,14,16-17,19,27-28H,3,5,8-13H2,1H3,(H2,26,30)(H,31,34,35);2H,4-5H2,1H3. The summed E-state index contributed by atoms with van der Waals surface area (Å²) in [6.45, 7) is 5.40. The van der Waals surface area contributed by atoms with Gasteiger partial charge in [-0.15, -0.1) is 0 Å². The van der Waals surface area contributed by atoms with Crippen molar-refractivity contribution in [2.75, 3.05) is 49.2 Å². The Morgan fingerprint density at radius 2 is 1.82 bits per heavy atom. The van der Waals surface area contributed by atoms with Crippen LogP contribution in [-0.2, 0) is 9.59 Å². The number of carbonyl (C=O) groups excluding carboxylic acids is 2. The maximum atomic E-state index is 12.3. The molecule has 214 valence electrons. The Morgan fingerprint density at radius 3 is 2.40 bits per heavy atom. The molecule has 4 heterocycles. The summed E-state index contributed by atoms with van der Waals surface area (Å²) >= 11 is 0. The van der Waals surface area contributed by atoms with Gasteiger partial charge in [-0.1, -0.05) is 6.07 Å². The van der Waals surface area contributed by atoms with E-state index in [1.54, 1.807) is 25.3 Å². The van der Waals surface area contributed by atoms with Gasteiger partial charge in [-0.2, -0.15) is 0 Å². The molecule has 12 heteroatoms. The number of nitrogen functional groups attached to an aromatic ring is 1. The molecule has 0 aromatic carbocycles. The third kappa shape index (κ3) is 6.50. The lowest BCUT2D eigenvalue weighted by molar-refractivity contribution is -0.134. The van der Waals surface area contributed by atoms with Gasteiger partial charge in [0.05, 0.1) is 23.1 Å². The topological polar surface area (TPSA) is 192 Å². The van der Waals surface area contributed by atoms with Crippen molar-refractivity contribution in [3.8, 4) is 0 Å². The first kappa shape index (κ1) is 28.8. The van der Waals surface area contributed by atoms with E-state index in [0.717, 1.165) is 50.5 Å². The molecule has 9 N–H and O–H groups in total. The fourth-order valence-electron chi connectivity index (χ4n) is 5.43. The highest BCUT2D eigenvalue weighted by molar-refractivity contribution is 6.18. The van der Waals surface area contributed by atoms with Crippen LogP contribution < -0.4 is 32.7 Å². The van der Waals surface area contributed by atoms with Gasteiger partial charge >= 0.3 is 0 Å². The van der Waals surface area contributed by atoms with Crippen LogP contribution in [0, 0.1) is 11.3 Å². The van der Waals surface area contributed by atoms with E-state index in [1.807, 2.05) is 19.3 Å². The predicted molar refractivity (Wildman–Crippen MR) is 157 cm³/mol. The number of hydrogen-bond donors (Lipinski definition) is 6. The van der Waals surface area contributed by atoms with E-state index in [1.165, 1.54) is 5.56 Å². The number of allylic oxidation sites excluding steroid dienone is 1. The molecule has 2 aliphatic heterocycles. The molecule has 1 unspecified atom stereocenters. The molecule has 2 amide bonds. The summed E-state index contributed by atoms with van der Waals surface area (Å²) in [5, 5.41) is 14.3. The van der Waals surface area contributed by atoms with E-state index in [4.69, 9.17) is 22.6 Å². The van der Waals surface area contributed by atoms with Crippen molar-refractivity contribution < 1.29 is 9.59 Å². The van der Waals surface area contributed by atoms with E-state index in [9.17, 15) is 9.59 Å². The molecule has 1 aliphatic carbocycles. The van der Waals surface area contributed by atoms with Crippen LogP contribution in [0.4, 0.5) is 17.3 Å². The fraction of sp³-hybridized carbons (Fsp3) is 0.464. The van der Waals surface area contributed by atoms with Gasteiger partial charge in [-0.3, -0.25) is 19.8 Å². The average molecular weight is 549 g/mol. The molecule has 12 nitrogen and oxygen atoms in total. The molecule has 0 bridgehead atoms. The third-order valence-corrected chi connectivity index (χ3v) is 7.92. The lowest BCUT2D eigenvalue weighted by atomic mass is 9.75. The number of nitrogens with one attached hydrogen (secondary N) is 3. The summed E-state index contributed by atoms with van der Waals surface area (Å²) in [5.41, 5.74) is 18.5. The van der Waals surface area contributed by atoms with Gasteiger partial charge in [0.2, 0.25) is 11.8 Å². The Hall–Kier alpha value is -4.19. The van der Waals surface area contributed by atoms with Crippen molar-refractivity contribution in [1.82, 2.24) is 20.2 Å². The number of anilines is 3. The zero-order valence-electron chi connectivity index (χ0n) is 23.2. The number of hydrogen-bond acceptors (Lipinski definition) is 11. The van der Waals surface area contributed by atoms with Gasteiger partial charge < -0.3 is 32.8 Å². The van der Waals surface area contributed by atoms with Crippen LogP contribution in [0.1, 0.15) is 49.7 Å². The lowest BCUT2D eigenvalue weighted by Crippen LogP contribution is -2.54. The average Bonchev–Trinajstić information content (AvgIpc) is 2.93. The summed E-state index contributed by atoms with van der Waals surface area (Å²) in [4.78, 5) is 37.5. The monoisotopic (exact) mass is 548 g/mol. The minimum Gasteiger partial charge on any atom is -0.386 e. The molecular weight excluding hydrogens is 508 g/mol. The van der Waals surface area contributed by atoms with Gasteiger partial charge in [0.1, 0.15) is 5.82 Å². The zero-order chi connectivity index (χ0) is 28.8. The Kier molecular flexibility index (Phi) is 9.20. The summed E-state index contributed by atoms with van der Waals surface area (Å²) in [7, 11) is 1.82. The van der Waals surface area contributed by atoms with Crippen LogP contribution in [0.2, 0.25) is 0 Å². The fourth-order valence-corrected chi connectivity index (χ4v) is 5.43. The predicted octanol–water partition coefficient (Wildman–Crippen LogP) is 1.35. The second kappa shape index (κ2) is 12.8. The number of piperidine rings is 1. The molecule has 0 spiro atoms. The summed E-state index contributed by atoms with van der Waals surface area (Å²) in [5.74, 6) is 1.00. The Bertz CT molecular complexity index is 1240. The molecule has 2 aromatic heterocycles. The maximum absolute atomic E-state index is 12.3. The van der Waals surface area contributed by atoms with Gasteiger partial charge in [0.15, 0.2) is 5.82 Å². The summed E-state index contributed by atoms with van der Waals surface area (Å²) < 4.78 is 0. The molecule has 2 aromatic rings. The minimum atomic E-state index is -0.630. The number of imide groups is 1. The highest BCUT2D eigenvalue weighted by Gasteiger charge is 2.37. The molecule has 0 radical (unpaired) electrons. The van der Waals surface area contributed by atoms with E-state index >= 15 is 0 Å². The van der Waals surface area contributed by atoms with Crippen molar-refractivity contribution in [2.45, 2.75) is 44.6 Å². The number of amides is 2. The van der Waals surface area contributed by atoms with E-state index in [2.05, 4.69) is 36.5 Å². The van der Waals surface area contributed by atoms with Gasteiger partial charge in [0, 0.05) is 63.6 Å². The van der Waals surface area contributed by atoms with E-state index in [-0.39, 0.29) is 18.0 Å². The summed E-state index contributed by atoms with van der Waals surface area (Å²) in [6, 6.07) is 6.33. The van der Waals surface area contributed by atoms with Crippen molar-refractivity contribution in [1.29, 1.82) is 5.41 Å². The van der Waals surface area contributed by atoms with Gasteiger partial charge in [-0.05, 0) is 55.9 Å². The van der Waals surface area contributed by atoms with Crippen LogP contribution >= 0.6 is 0 Å². The van der Waals surface area contributed by atoms with E-state index < -0.39 is 11.8 Å². The molecule has 1 saturated carbocycles. The number of nitrogens with two attached hydrogens (primary N) is 3. The number of carbonyl (C=O) groups is 2. The number of piperazine rings is 1. The summed E-state index contributed by atoms with van der Waals surface area (Å²) in [6.07, 6.45) is 8.14. The molecule has 1 atom stereocenters. The number of pyridine rings is 2. The Labute approximate surface area is 234 Å². The Morgan fingerprint density at radius 1 is 1.12 bits per heavy atom. The molecule has 3 aliphatic rings. The first-order valence-corrected chi connectivity index (χ1v) is 13.7. The third-order valence-electron chi connectivity index (χ3n) is 7.92. The minimum absolute atomic E-state index is 0.222. The number of rotatable bonds is 6. The quantitative estimate of drug-likeness (QED) is 0.227. The SMILES string of the molecule is CC=C(N)N.CNc1c(C(=N)C2CCC(=O)NC2=O)ccnc1N1CCN(C2CC(c3ccc(N)nc3)C2)CC1. The van der Waals surface area contributed by atoms with Crippen LogP contribution in [0.25, 0.3) is 0 Å². The number of aromatic nitrogens is 2. The smallest absolute Gasteiger partial charge is 0.235 e. The second-order valence-electron chi connectivity index (χ2n) is 10.4. The van der Waals surface area contributed by atoms with Crippen LogP contribution in [0.3, 0.4) is 0 Å². The first-order chi connectivity index (χ1) is 19.2. The normalized spacial score (nSPS) is 22.8. The second-order valence-corrected chi connectivity index (χ2v) is 10.4. The van der Waals surface area contributed by atoms with Crippen LogP contribution in [0.15, 0.2) is 42.5 Å². The Balaban J connectivity index is 0.000000681. The van der Waals surface area contributed by atoms with E-state index in [0.29, 0.717) is 35.6 Å². The van der Waals surface area contributed by atoms with Gasteiger partial charge in [0.25, 0.3) is 0 Å². The van der Waals surface area contributed by atoms with Crippen molar-refractivity contribution in [3.05, 3.63) is 53.6 Å². The largest absolute Gasteiger partial charge is 0.386 e. The van der Waals surface area contributed by atoms with Crippen molar-refractivity contribution in [2.24, 2.45) is 17.4 Å². The zero-order valence-corrected chi connectivity index (χ0v) is 23.2. The maximum Gasteiger partial charge on any atom is 0.235 e. The molecule has 2 saturated heterocycles. The first-order valence-electron chi connectivity index (χ1n) is 13.7. The van der Waals surface area contributed by atoms with Crippen molar-refractivity contribution >= 4 is 34.8 Å². The highest BCUT2D eigenvalue weighted by Crippen LogP contribution is 2.40. The van der Waals surface area contributed by atoms with Crippen LogP contribution in [0.5, 0.6) is 0 Å². The number of nitrogens with zero attached hydrogens (tertiary/aromatic N) is 4. The molecule has 40 heavy (non-hydrogen) atoms. The molecule has 5 rings (SSSR count). The van der Waals surface area contributed by atoms with Gasteiger partial charge in [-0.25, -0.2) is 9.97 Å². The molecular formula is C28H40N10O2. The molecule has 3 fully saturated rings.